The van der Waals surface area contributed by atoms with Gasteiger partial charge in [0.25, 0.3) is 0 Å². The van der Waals surface area contributed by atoms with Gasteiger partial charge >= 0.3 is 12.0 Å². The lowest BCUT2D eigenvalue weighted by atomic mass is 9.88. The Bertz CT molecular complexity index is 701. The van der Waals surface area contributed by atoms with Gasteiger partial charge < -0.3 is 25.0 Å². The molecule has 2 saturated heterocycles. The standard InChI is InChI=1S/C19H25N3O4S/c1-3-26-18(23)16-15(12-22-8-10-27-11-9-22)20-19(24)21-17(16)13-4-6-14(25-2)7-5-13/h4-7,12,16-17H,3,8-11H2,1-2H3,(H2,20,21,24)/p+1/b15-12+/t16-,17-/m0/s1. The molecule has 1 aromatic carbocycles. The van der Waals surface area contributed by atoms with Crippen LogP contribution in [0.3, 0.4) is 0 Å². The SMILES string of the molecule is CCOC(=O)[C@H]1/C(=C\[NH+]2CCSCC2)NC(=O)N[C@H]1c1ccc(OC)cc1. The zero-order valence-corrected chi connectivity index (χ0v) is 16.4. The zero-order valence-electron chi connectivity index (χ0n) is 15.6. The summed E-state index contributed by atoms with van der Waals surface area (Å²) < 4.78 is 10.5. The first-order valence-corrected chi connectivity index (χ1v) is 10.3. The molecule has 27 heavy (non-hydrogen) atoms. The lowest BCUT2D eigenvalue weighted by Gasteiger charge is -2.34. The first-order valence-electron chi connectivity index (χ1n) is 9.14. The van der Waals surface area contributed by atoms with Crippen LogP contribution in [0.2, 0.25) is 0 Å². The summed E-state index contributed by atoms with van der Waals surface area (Å²) in [6.07, 6.45) is 1.98. The number of quaternary nitrogens is 1. The molecule has 2 aliphatic heterocycles. The van der Waals surface area contributed by atoms with Gasteiger partial charge in [0.05, 0.1) is 38.5 Å². The summed E-state index contributed by atoms with van der Waals surface area (Å²) >= 11 is 1.92. The highest BCUT2D eigenvalue weighted by Crippen LogP contribution is 2.31. The fourth-order valence-electron chi connectivity index (χ4n) is 3.35. The molecule has 3 N–H and O–H groups in total. The van der Waals surface area contributed by atoms with E-state index in [-0.39, 0.29) is 12.0 Å². The third-order valence-corrected chi connectivity index (χ3v) is 5.71. The van der Waals surface area contributed by atoms with Crippen LogP contribution in [0.1, 0.15) is 18.5 Å². The van der Waals surface area contributed by atoms with E-state index in [1.54, 1.807) is 14.0 Å². The predicted molar refractivity (Wildman–Crippen MR) is 104 cm³/mol. The number of urea groups is 1. The molecule has 2 atom stereocenters. The molecular weight excluding hydrogens is 366 g/mol. The quantitative estimate of drug-likeness (QED) is 0.643. The maximum absolute atomic E-state index is 12.8. The normalized spacial score (nSPS) is 24.8. The monoisotopic (exact) mass is 392 g/mol. The van der Waals surface area contributed by atoms with E-state index in [1.165, 1.54) is 4.90 Å². The van der Waals surface area contributed by atoms with E-state index in [9.17, 15) is 9.59 Å². The lowest BCUT2D eigenvalue weighted by molar-refractivity contribution is -0.843. The Morgan fingerprint density at radius 1 is 1.30 bits per heavy atom. The van der Waals surface area contributed by atoms with Crippen molar-refractivity contribution in [3.05, 3.63) is 41.7 Å². The van der Waals surface area contributed by atoms with Crippen LogP contribution in [0, 0.1) is 5.92 Å². The predicted octanol–water partition coefficient (Wildman–Crippen LogP) is 0.702. The van der Waals surface area contributed by atoms with Crippen LogP contribution >= 0.6 is 11.8 Å². The third kappa shape index (κ3) is 4.75. The molecule has 0 spiro atoms. The van der Waals surface area contributed by atoms with Gasteiger partial charge in [-0.05, 0) is 24.6 Å². The number of hydrogen-bond acceptors (Lipinski definition) is 5. The second-order valence-corrected chi connectivity index (χ2v) is 7.67. The summed E-state index contributed by atoms with van der Waals surface area (Å²) in [6, 6.07) is 6.57. The van der Waals surface area contributed by atoms with Gasteiger partial charge in [0.1, 0.15) is 17.9 Å². The first kappa shape index (κ1) is 19.6. The van der Waals surface area contributed by atoms with Gasteiger partial charge in [-0.25, -0.2) is 4.79 Å². The van der Waals surface area contributed by atoms with Gasteiger partial charge in [0.15, 0.2) is 0 Å². The van der Waals surface area contributed by atoms with Crippen molar-refractivity contribution in [2.45, 2.75) is 13.0 Å². The highest BCUT2D eigenvalue weighted by molar-refractivity contribution is 7.99. The van der Waals surface area contributed by atoms with E-state index in [2.05, 4.69) is 10.6 Å². The van der Waals surface area contributed by atoms with Gasteiger partial charge in [0, 0.05) is 11.5 Å². The van der Waals surface area contributed by atoms with E-state index in [0.29, 0.717) is 12.3 Å². The number of nitrogens with one attached hydrogen (secondary N) is 3. The Morgan fingerprint density at radius 3 is 2.63 bits per heavy atom. The number of ether oxygens (including phenoxy) is 2. The number of esters is 1. The molecule has 0 aliphatic carbocycles. The highest BCUT2D eigenvalue weighted by atomic mass is 32.2. The Kier molecular flexibility index (Phi) is 6.63. The summed E-state index contributed by atoms with van der Waals surface area (Å²) in [4.78, 5) is 26.3. The number of rotatable bonds is 5. The fourth-order valence-corrected chi connectivity index (χ4v) is 4.37. The minimum atomic E-state index is -0.613. The Hall–Kier alpha value is -2.19. The summed E-state index contributed by atoms with van der Waals surface area (Å²) in [5, 5.41) is 5.71. The molecule has 146 valence electrons. The summed E-state index contributed by atoms with van der Waals surface area (Å²) in [5.41, 5.74) is 1.44. The van der Waals surface area contributed by atoms with Crippen LogP contribution in [0.25, 0.3) is 0 Å². The summed E-state index contributed by atoms with van der Waals surface area (Å²) in [6.45, 7) is 4.02. The van der Waals surface area contributed by atoms with Crippen LogP contribution in [-0.4, -0.2) is 50.3 Å². The molecule has 7 nitrogen and oxygen atoms in total. The first-order chi connectivity index (χ1) is 13.1. The average molecular weight is 393 g/mol. The van der Waals surface area contributed by atoms with Gasteiger partial charge in [-0.2, -0.15) is 11.8 Å². The van der Waals surface area contributed by atoms with Crippen molar-refractivity contribution < 1.29 is 24.0 Å². The third-order valence-electron chi connectivity index (χ3n) is 4.72. The van der Waals surface area contributed by atoms with E-state index in [1.807, 2.05) is 42.2 Å². The summed E-state index contributed by atoms with van der Waals surface area (Å²) in [5.74, 6) is 1.90. The average Bonchev–Trinajstić information content (AvgIpc) is 2.68. The molecule has 1 aromatic rings. The van der Waals surface area contributed by atoms with E-state index in [0.717, 1.165) is 35.9 Å². The minimum absolute atomic E-state index is 0.291. The minimum Gasteiger partial charge on any atom is -0.497 e. The maximum Gasteiger partial charge on any atom is 0.319 e. The Balaban J connectivity index is 1.94. The lowest BCUT2D eigenvalue weighted by Crippen LogP contribution is -3.09. The van der Waals surface area contributed by atoms with Crippen molar-refractivity contribution >= 4 is 23.8 Å². The number of carbonyl (C=O) groups excluding carboxylic acids is 2. The largest absolute Gasteiger partial charge is 0.497 e. The van der Waals surface area contributed by atoms with Crippen molar-refractivity contribution in [2.75, 3.05) is 38.3 Å². The van der Waals surface area contributed by atoms with Crippen molar-refractivity contribution in [3.63, 3.8) is 0 Å². The Labute approximate surface area is 163 Å². The second kappa shape index (κ2) is 9.14. The zero-order chi connectivity index (χ0) is 19.2. The molecule has 0 saturated carbocycles. The number of benzene rings is 1. The maximum atomic E-state index is 12.8. The molecule has 0 radical (unpaired) electrons. The van der Waals surface area contributed by atoms with Gasteiger partial charge in [0.2, 0.25) is 0 Å². The Morgan fingerprint density at radius 2 is 2.00 bits per heavy atom. The number of carbonyl (C=O) groups is 2. The molecule has 8 heteroatoms. The molecule has 0 aromatic heterocycles. The summed E-state index contributed by atoms with van der Waals surface area (Å²) in [7, 11) is 1.60. The van der Waals surface area contributed by atoms with Crippen molar-refractivity contribution in [3.8, 4) is 5.75 Å². The van der Waals surface area contributed by atoms with Crippen molar-refractivity contribution in [1.82, 2.24) is 10.6 Å². The van der Waals surface area contributed by atoms with Crippen molar-refractivity contribution in [2.24, 2.45) is 5.92 Å². The molecule has 0 unspecified atom stereocenters. The number of hydrogen-bond donors (Lipinski definition) is 3. The van der Waals surface area contributed by atoms with Crippen LogP contribution < -0.4 is 20.3 Å². The molecule has 2 amide bonds. The molecule has 2 heterocycles. The number of amides is 2. The molecule has 0 bridgehead atoms. The fraction of sp³-hybridized carbons (Fsp3) is 0.474. The molecule has 2 aliphatic rings. The molecule has 2 fully saturated rings. The van der Waals surface area contributed by atoms with Crippen molar-refractivity contribution in [1.29, 1.82) is 0 Å². The van der Waals surface area contributed by atoms with Gasteiger partial charge in [-0.15, -0.1) is 0 Å². The van der Waals surface area contributed by atoms with Gasteiger partial charge in [-0.3, -0.25) is 4.79 Å². The smallest absolute Gasteiger partial charge is 0.319 e. The van der Waals surface area contributed by atoms with Crippen LogP contribution in [0.5, 0.6) is 5.75 Å². The van der Waals surface area contributed by atoms with Crippen LogP contribution in [0.4, 0.5) is 4.79 Å². The van der Waals surface area contributed by atoms with E-state index >= 15 is 0 Å². The van der Waals surface area contributed by atoms with E-state index < -0.39 is 12.0 Å². The van der Waals surface area contributed by atoms with E-state index in [4.69, 9.17) is 9.47 Å². The van der Waals surface area contributed by atoms with Crippen LogP contribution in [0.15, 0.2) is 36.2 Å². The van der Waals surface area contributed by atoms with Gasteiger partial charge in [-0.1, -0.05) is 12.1 Å². The highest BCUT2D eigenvalue weighted by Gasteiger charge is 2.41. The number of thioether (sulfide) groups is 1. The topological polar surface area (TPSA) is 81.1 Å². The number of methoxy groups -OCH3 is 1. The molecular formula is C19H26N3O4S+. The van der Waals surface area contributed by atoms with Crippen LogP contribution in [-0.2, 0) is 9.53 Å². The second-order valence-electron chi connectivity index (χ2n) is 6.45. The molecule has 3 rings (SSSR count).